The number of benzene rings is 1. The Morgan fingerprint density at radius 2 is 2.00 bits per heavy atom. The van der Waals surface area contributed by atoms with Crippen LogP contribution in [0.15, 0.2) is 41.3 Å². The van der Waals surface area contributed by atoms with Gasteiger partial charge in [-0.1, -0.05) is 30.3 Å². The van der Waals surface area contributed by atoms with Crippen molar-refractivity contribution in [2.45, 2.75) is 19.9 Å². The second kappa shape index (κ2) is 5.48. The van der Waals surface area contributed by atoms with E-state index in [2.05, 4.69) is 5.10 Å². The maximum atomic E-state index is 12.2. The Morgan fingerprint density at radius 3 is 2.63 bits per heavy atom. The van der Waals surface area contributed by atoms with Gasteiger partial charge in [0.25, 0.3) is 5.56 Å². The molecule has 1 N–H and O–H groups in total. The van der Waals surface area contributed by atoms with Crippen LogP contribution in [-0.2, 0) is 17.8 Å². The molecule has 1 aromatic heterocycles. The third-order valence-corrected chi connectivity index (χ3v) is 2.86. The zero-order chi connectivity index (χ0) is 13.8. The normalized spacial score (nSPS) is 10.4. The van der Waals surface area contributed by atoms with Gasteiger partial charge in [-0.3, -0.25) is 9.59 Å². The van der Waals surface area contributed by atoms with Gasteiger partial charge in [-0.15, -0.1) is 0 Å². The molecule has 0 unspecified atom stereocenters. The van der Waals surface area contributed by atoms with Crippen molar-refractivity contribution in [3.05, 3.63) is 63.6 Å². The Bertz CT molecular complexity index is 647. The second-order valence-electron chi connectivity index (χ2n) is 4.33. The molecule has 0 radical (unpaired) electrons. The standard InChI is InChI=1S/C14H14N2O3/c1-10-8-15-16(9-11-5-3-2-4-6-11)14(19)12(10)7-13(17)18/h2-6,8H,7,9H2,1H3,(H,17,18). The van der Waals surface area contributed by atoms with Crippen LogP contribution in [-0.4, -0.2) is 20.9 Å². The predicted octanol–water partition coefficient (Wildman–Crippen LogP) is 1.23. The number of carboxylic acid groups (broad SMARTS) is 1. The molecule has 0 aliphatic carbocycles. The van der Waals surface area contributed by atoms with E-state index in [9.17, 15) is 9.59 Å². The van der Waals surface area contributed by atoms with Gasteiger partial charge in [0, 0.05) is 5.56 Å². The molecule has 1 aromatic carbocycles. The number of hydrogen-bond acceptors (Lipinski definition) is 3. The largest absolute Gasteiger partial charge is 0.481 e. The lowest BCUT2D eigenvalue weighted by molar-refractivity contribution is -0.136. The fraction of sp³-hybridized carbons (Fsp3) is 0.214. The molecule has 19 heavy (non-hydrogen) atoms. The Morgan fingerprint density at radius 1 is 1.32 bits per heavy atom. The van der Waals surface area contributed by atoms with Crippen LogP contribution in [0.25, 0.3) is 0 Å². The van der Waals surface area contributed by atoms with Crippen LogP contribution in [0.2, 0.25) is 0 Å². The molecule has 0 saturated heterocycles. The highest BCUT2D eigenvalue weighted by Crippen LogP contribution is 2.04. The van der Waals surface area contributed by atoms with Crippen molar-refractivity contribution in [2.24, 2.45) is 0 Å². The van der Waals surface area contributed by atoms with Gasteiger partial charge >= 0.3 is 5.97 Å². The van der Waals surface area contributed by atoms with E-state index in [4.69, 9.17) is 5.11 Å². The Labute approximate surface area is 110 Å². The monoisotopic (exact) mass is 258 g/mol. The molecule has 5 nitrogen and oxygen atoms in total. The molecule has 2 aromatic rings. The third kappa shape index (κ3) is 3.07. The molecule has 0 saturated carbocycles. The van der Waals surface area contributed by atoms with E-state index in [1.807, 2.05) is 30.3 Å². The first-order valence-corrected chi connectivity index (χ1v) is 5.89. The molecule has 0 bridgehead atoms. The molecule has 0 fully saturated rings. The number of aryl methyl sites for hydroxylation is 1. The van der Waals surface area contributed by atoms with E-state index in [1.165, 1.54) is 10.9 Å². The van der Waals surface area contributed by atoms with Crippen LogP contribution in [0, 0.1) is 6.92 Å². The SMILES string of the molecule is Cc1cnn(Cc2ccccc2)c(=O)c1CC(=O)O. The number of aliphatic carboxylic acids is 1. The van der Waals surface area contributed by atoms with Crippen molar-refractivity contribution in [3.63, 3.8) is 0 Å². The van der Waals surface area contributed by atoms with Crippen LogP contribution >= 0.6 is 0 Å². The highest BCUT2D eigenvalue weighted by Gasteiger charge is 2.12. The van der Waals surface area contributed by atoms with Crippen LogP contribution < -0.4 is 5.56 Å². The van der Waals surface area contributed by atoms with Gasteiger partial charge in [-0.05, 0) is 18.1 Å². The van der Waals surface area contributed by atoms with Crippen LogP contribution in [0.4, 0.5) is 0 Å². The summed E-state index contributed by atoms with van der Waals surface area (Å²) in [4.78, 5) is 22.9. The summed E-state index contributed by atoms with van der Waals surface area (Å²) in [5.74, 6) is -1.02. The predicted molar refractivity (Wildman–Crippen MR) is 70.1 cm³/mol. The van der Waals surface area contributed by atoms with Gasteiger partial charge in [0.1, 0.15) is 0 Å². The number of rotatable bonds is 4. The van der Waals surface area contributed by atoms with Crippen LogP contribution in [0.5, 0.6) is 0 Å². The van der Waals surface area contributed by atoms with Crippen molar-refractivity contribution < 1.29 is 9.90 Å². The summed E-state index contributed by atoms with van der Waals surface area (Å²) in [6.45, 7) is 2.03. The van der Waals surface area contributed by atoms with Gasteiger partial charge in [-0.25, -0.2) is 4.68 Å². The molecule has 0 aliphatic rings. The summed E-state index contributed by atoms with van der Waals surface area (Å²) in [5.41, 5.74) is 1.50. The summed E-state index contributed by atoms with van der Waals surface area (Å²) >= 11 is 0. The van der Waals surface area contributed by atoms with E-state index in [1.54, 1.807) is 6.92 Å². The van der Waals surface area contributed by atoms with Gasteiger partial charge in [-0.2, -0.15) is 5.10 Å². The van der Waals surface area contributed by atoms with Crippen LogP contribution in [0.1, 0.15) is 16.7 Å². The van der Waals surface area contributed by atoms with Crippen molar-refractivity contribution in [3.8, 4) is 0 Å². The number of hydrogen-bond donors (Lipinski definition) is 1. The Kier molecular flexibility index (Phi) is 3.75. The van der Waals surface area contributed by atoms with E-state index >= 15 is 0 Å². The average Bonchev–Trinajstić information content (AvgIpc) is 2.39. The zero-order valence-corrected chi connectivity index (χ0v) is 10.5. The molecule has 2 rings (SSSR count). The third-order valence-electron chi connectivity index (χ3n) is 2.86. The summed E-state index contributed by atoms with van der Waals surface area (Å²) in [6.07, 6.45) is 1.25. The lowest BCUT2D eigenvalue weighted by Crippen LogP contribution is -2.28. The molecular weight excluding hydrogens is 244 g/mol. The molecular formula is C14H14N2O3. The van der Waals surface area contributed by atoms with E-state index in [0.29, 0.717) is 17.7 Å². The molecule has 0 aliphatic heterocycles. The van der Waals surface area contributed by atoms with E-state index < -0.39 is 5.97 Å². The Balaban J connectivity index is 2.37. The first kappa shape index (κ1) is 13.0. The van der Waals surface area contributed by atoms with Gasteiger partial charge in [0.05, 0.1) is 19.2 Å². The number of carbonyl (C=O) groups is 1. The smallest absolute Gasteiger partial charge is 0.308 e. The fourth-order valence-corrected chi connectivity index (χ4v) is 1.85. The minimum atomic E-state index is -1.02. The fourth-order valence-electron chi connectivity index (χ4n) is 1.85. The molecule has 0 spiro atoms. The topological polar surface area (TPSA) is 72.2 Å². The van der Waals surface area contributed by atoms with Gasteiger partial charge in [0.2, 0.25) is 0 Å². The minimum absolute atomic E-state index is 0.276. The number of aromatic nitrogens is 2. The highest BCUT2D eigenvalue weighted by molar-refractivity contribution is 5.70. The van der Waals surface area contributed by atoms with Crippen molar-refractivity contribution in [2.75, 3.05) is 0 Å². The number of nitrogens with zero attached hydrogens (tertiary/aromatic N) is 2. The van der Waals surface area contributed by atoms with Gasteiger partial charge in [0.15, 0.2) is 0 Å². The van der Waals surface area contributed by atoms with Crippen LogP contribution in [0.3, 0.4) is 0 Å². The second-order valence-corrected chi connectivity index (χ2v) is 4.33. The summed E-state index contributed by atoms with van der Waals surface area (Å²) in [7, 11) is 0. The quantitative estimate of drug-likeness (QED) is 0.895. The van der Waals surface area contributed by atoms with Crippen molar-refractivity contribution in [1.82, 2.24) is 9.78 Å². The summed E-state index contributed by atoms with van der Waals surface area (Å²) in [6, 6.07) is 9.44. The van der Waals surface area contributed by atoms with Gasteiger partial charge < -0.3 is 5.11 Å². The van der Waals surface area contributed by atoms with Crippen molar-refractivity contribution in [1.29, 1.82) is 0 Å². The average molecular weight is 258 g/mol. The number of carboxylic acids is 1. The first-order valence-electron chi connectivity index (χ1n) is 5.89. The maximum Gasteiger partial charge on any atom is 0.308 e. The first-order chi connectivity index (χ1) is 9.08. The molecule has 0 amide bonds. The molecule has 5 heteroatoms. The lowest BCUT2D eigenvalue weighted by atomic mass is 10.1. The molecule has 0 atom stereocenters. The lowest BCUT2D eigenvalue weighted by Gasteiger charge is -2.08. The van der Waals surface area contributed by atoms with E-state index in [0.717, 1.165) is 5.56 Å². The molecule has 1 heterocycles. The summed E-state index contributed by atoms with van der Waals surface area (Å²) in [5, 5.41) is 12.9. The maximum absolute atomic E-state index is 12.2. The highest BCUT2D eigenvalue weighted by atomic mass is 16.4. The molecule has 98 valence electrons. The zero-order valence-electron chi connectivity index (χ0n) is 10.5. The van der Waals surface area contributed by atoms with Crippen molar-refractivity contribution >= 4 is 5.97 Å². The summed E-state index contributed by atoms with van der Waals surface area (Å²) < 4.78 is 1.29. The minimum Gasteiger partial charge on any atom is -0.481 e. The van der Waals surface area contributed by atoms with E-state index in [-0.39, 0.29) is 12.0 Å². The Hall–Kier alpha value is -2.43.